The number of aliphatic carboxylic acids is 1. The maximum Gasteiger partial charge on any atom is 0.303 e. The molecule has 0 aliphatic carbocycles. The minimum atomic E-state index is -0.684. The Morgan fingerprint density at radius 1 is 0.727 bits per heavy atom. The maximum atomic E-state index is 10.3. The van der Waals surface area contributed by atoms with Crippen molar-refractivity contribution in [3.63, 3.8) is 0 Å². The van der Waals surface area contributed by atoms with E-state index in [1.807, 2.05) is 0 Å². The second-order valence-electron chi connectivity index (χ2n) is 5.72. The first kappa shape index (κ1) is 20.7. The highest BCUT2D eigenvalue weighted by Crippen LogP contribution is 2.07. The van der Waals surface area contributed by atoms with Crippen LogP contribution in [-0.2, 0) is 4.79 Å². The molecule has 0 aliphatic rings. The predicted octanol–water partition coefficient (Wildman–Crippen LogP) is 6.44. The molecule has 0 fully saturated rings. The van der Waals surface area contributed by atoms with Crippen LogP contribution in [0.2, 0.25) is 0 Å². The van der Waals surface area contributed by atoms with Crippen LogP contribution < -0.4 is 0 Å². The highest BCUT2D eigenvalue weighted by Gasteiger charge is 1.94. The number of hydrogen-bond acceptors (Lipinski definition) is 1. The van der Waals surface area contributed by atoms with Gasteiger partial charge in [-0.3, -0.25) is 4.79 Å². The molecule has 0 atom stereocenters. The first-order valence-electron chi connectivity index (χ1n) is 8.95. The predicted molar refractivity (Wildman–Crippen MR) is 96.1 cm³/mol. The molecule has 0 aliphatic heterocycles. The summed E-state index contributed by atoms with van der Waals surface area (Å²) in [5, 5.41) is 8.51. The summed E-state index contributed by atoms with van der Waals surface area (Å²) in [5.74, 6) is -0.684. The Kier molecular flexibility index (Phi) is 16.7. The van der Waals surface area contributed by atoms with E-state index in [0.717, 1.165) is 32.1 Å². The Morgan fingerprint density at radius 3 is 1.73 bits per heavy atom. The Hall–Kier alpha value is -1.31. The van der Waals surface area contributed by atoms with Gasteiger partial charge in [0.2, 0.25) is 0 Å². The standard InChI is InChI=1S/C20H34O2/c1-2-3-4-5-6-7-8-9-10-11-12-13-14-15-16-17-18-19-20(21)22/h3-4,11-14H,2,5-10,15-19H2,1H3,(H,21,22)/b4-3+,12-11+,14-13+. The van der Waals surface area contributed by atoms with Crippen molar-refractivity contribution in [3.05, 3.63) is 36.5 Å². The largest absolute Gasteiger partial charge is 0.481 e. The lowest BCUT2D eigenvalue weighted by Gasteiger charge is -1.96. The average molecular weight is 306 g/mol. The highest BCUT2D eigenvalue weighted by molar-refractivity contribution is 5.66. The maximum absolute atomic E-state index is 10.3. The molecule has 0 aromatic carbocycles. The molecule has 2 heteroatoms. The number of allylic oxidation sites excluding steroid dienone is 6. The molecular formula is C20H34O2. The van der Waals surface area contributed by atoms with Gasteiger partial charge < -0.3 is 5.11 Å². The summed E-state index contributed by atoms with van der Waals surface area (Å²) < 4.78 is 0. The summed E-state index contributed by atoms with van der Waals surface area (Å²) in [4.78, 5) is 10.3. The lowest BCUT2D eigenvalue weighted by atomic mass is 10.1. The zero-order valence-corrected chi connectivity index (χ0v) is 14.3. The van der Waals surface area contributed by atoms with Crippen LogP contribution in [0.25, 0.3) is 0 Å². The molecule has 0 bridgehead atoms. The van der Waals surface area contributed by atoms with Gasteiger partial charge in [0, 0.05) is 6.42 Å². The van der Waals surface area contributed by atoms with E-state index in [2.05, 4.69) is 43.4 Å². The Balaban J connectivity index is 3.24. The van der Waals surface area contributed by atoms with Crippen LogP contribution in [-0.4, -0.2) is 11.1 Å². The van der Waals surface area contributed by atoms with Gasteiger partial charge in [0.1, 0.15) is 0 Å². The molecule has 0 unspecified atom stereocenters. The monoisotopic (exact) mass is 306 g/mol. The summed E-state index contributed by atoms with van der Waals surface area (Å²) >= 11 is 0. The number of carboxylic acids is 1. The van der Waals surface area contributed by atoms with E-state index in [4.69, 9.17) is 5.11 Å². The van der Waals surface area contributed by atoms with Gasteiger partial charge in [-0.25, -0.2) is 0 Å². The molecule has 0 aromatic heterocycles. The Bertz CT molecular complexity index is 327. The van der Waals surface area contributed by atoms with Crippen molar-refractivity contribution in [1.82, 2.24) is 0 Å². The van der Waals surface area contributed by atoms with Crippen LogP contribution in [0.4, 0.5) is 0 Å². The molecule has 0 spiro atoms. The molecule has 0 saturated heterocycles. The fourth-order valence-corrected chi connectivity index (χ4v) is 2.23. The van der Waals surface area contributed by atoms with Crippen molar-refractivity contribution >= 4 is 5.97 Å². The third-order valence-corrected chi connectivity index (χ3v) is 3.54. The van der Waals surface area contributed by atoms with Gasteiger partial charge in [-0.05, 0) is 51.4 Å². The molecule has 0 rings (SSSR count). The van der Waals surface area contributed by atoms with Crippen molar-refractivity contribution in [2.24, 2.45) is 0 Å². The second kappa shape index (κ2) is 17.7. The summed E-state index contributed by atoms with van der Waals surface area (Å²) in [6, 6.07) is 0. The van der Waals surface area contributed by atoms with Crippen molar-refractivity contribution < 1.29 is 9.90 Å². The Labute approximate surface area is 137 Å². The van der Waals surface area contributed by atoms with Gasteiger partial charge in [-0.15, -0.1) is 0 Å². The molecule has 126 valence electrons. The molecule has 0 amide bonds. The van der Waals surface area contributed by atoms with Crippen LogP contribution in [0.15, 0.2) is 36.5 Å². The average Bonchev–Trinajstić information content (AvgIpc) is 2.50. The number of carboxylic acid groups (broad SMARTS) is 1. The second-order valence-corrected chi connectivity index (χ2v) is 5.72. The SMILES string of the molecule is CC/C=C/CCCCCC/C=C/C=C/CCCCCC(=O)O. The summed E-state index contributed by atoms with van der Waals surface area (Å²) in [6.45, 7) is 2.18. The van der Waals surface area contributed by atoms with Crippen molar-refractivity contribution in [2.45, 2.75) is 84.0 Å². The third-order valence-electron chi connectivity index (χ3n) is 3.54. The molecular weight excluding hydrogens is 272 g/mol. The van der Waals surface area contributed by atoms with Crippen LogP contribution >= 0.6 is 0 Å². The normalized spacial score (nSPS) is 12.0. The van der Waals surface area contributed by atoms with Gasteiger partial charge in [-0.1, -0.05) is 62.6 Å². The quantitative estimate of drug-likeness (QED) is 0.215. The smallest absolute Gasteiger partial charge is 0.303 e. The Morgan fingerprint density at radius 2 is 1.23 bits per heavy atom. The third kappa shape index (κ3) is 18.7. The van der Waals surface area contributed by atoms with Crippen molar-refractivity contribution in [2.75, 3.05) is 0 Å². The van der Waals surface area contributed by atoms with E-state index in [-0.39, 0.29) is 0 Å². The lowest BCUT2D eigenvalue weighted by Crippen LogP contribution is -1.93. The van der Waals surface area contributed by atoms with Gasteiger partial charge in [0.05, 0.1) is 0 Å². The van der Waals surface area contributed by atoms with Crippen LogP contribution in [0.1, 0.15) is 84.0 Å². The van der Waals surface area contributed by atoms with Crippen LogP contribution in [0.5, 0.6) is 0 Å². The van der Waals surface area contributed by atoms with Gasteiger partial charge in [0.15, 0.2) is 0 Å². The van der Waals surface area contributed by atoms with E-state index >= 15 is 0 Å². The number of hydrogen-bond donors (Lipinski definition) is 1. The number of rotatable bonds is 15. The fourth-order valence-electron chi connectivity index (χ4n) is 2.23. The minimum absolute atomic E-state index is 0.304. The zero-order chi connectivity index (χ0) is 16.3. The molecule has 2 nitrogen and oxygen atoms in total. The molecule has 1 N–H and O–H groups in total. The fraction of sp³-hybridized carbons (Fsp3) is 0.650. The van der Waals surface area contributed by atoms with Gasteiger partial charge >= 0.3 is 5.97 Å². The van der Waals surface area contributed by atoms with E-state index in [0.29, 0.717) is 6.42 Å². The van der Waals surface area contributed by atoms with E-state index in [9.17, 15) is 4.79 Å². The first-order chi connectivity index (χ1) is 10.8. The molecule has 0 radical (unpaired) electrons. The highest BCUT2D eigenvalue weighted by atomic mass is 16.4. The summed E-state index contributed by atoms with van der Waals surface area (Å²) in [7, 11) is 0. The van der Waals surface area contributed by atoms with Gasteiger partial charge in [-0.2, -0.15) is 0 Å². The number of unbranched alkanes of at least 4 members (excludes halogenated alkanes) is 8. The molecule has 0 heterocycles. The topological polar surface area (TPSA) is 37.3 Å². The van der Waals surface area contributed by atoms with E-state index in [1.165, 1.54) is 38.5 Å². The van der Waals surface area contributed by atoms with Gasteiger partial charge in [0.25, 0.3) is 0 Å². The van der Waals surface area contributed by atoms with Crippen molar-refractivity contribution in [3.8, 4) is 0 Å². The molecule has 0 saturated carbocycles. The summed E-state index contributed by atoms with van der Waals surface area (Å²) in [6.07, 6.45) is 26.3. The van der Waals surface area contributed by atoms with Crippen LogP contribution in [0.3, 0.4) is 0 Å². The summed E-state index contributed by atoms with van der Waals surface area (Å²) in [5.41, 5.74) is 0. The number of carbonyl (C=O) groups is 1. The van der Waals surface area contributed by atoms with Crippen LogP contribution in [0, 0.1) is 0 Å². The van der Waals surface area contributed by atoms with E-state index < -0.39 is 5.97 Å². The molecule has 0 aromatic rings. The van der Waals surface area contributed by atoms with E-state index in [1.54, 1.807) is 0 Å². The first-order valence-corrected chi connectivity index (χ1v) is 8.95. The zero-order valence-electron chi connectivity index (χ0n) is 14.3. The molecule has 22 heavy (non-hydrogen) atoms. The van der Waals surface area contributed by atoms with Crippen molar-refractivity contribution in [1.29, 1.82) is 0 Å². The minimum Gasteiger partial charge on any atom is -0.481 e. The lowest BCUT2D eigenvalue weighted by molar-refractivity contribution is -0.137.